The van der Waals surface area contributed by atoms with Gasteiger partial charge in [0.05, 0.1) is 6.21 Å². The second-order valence-corrected chi connectivity index (χ2v) is 5.21. The Labute approximate surface area is 110 Å². The van der Waals surface area contributed by atoms with Crippen molar-refractivity contribution in [3.63, 3.8) is 0 Å². The first-order valence-electron chi connectivity index (χ1n) is 5.39. The average molecular weight is 277 g/mol. The standard InChI is InChI=1S/C13H11NO4S/c15-14-10-11-6-8-12(9-7-11)18-19(16,17)13-4-2-1-3-5-13/h1-10,15H/b14-10+. The van der Waals surface area contributed by atoms with Crippen LogP contribution >= 0.6 is 0 Å². The van der Waals surface area contributed by atoms with Crippen LogP contribution in [0.4, 0.5) is 0 Å². The largest absolute Gasteiger partial charge is 0.411 e. The Morgan fingerprint density at radius 3 is 2.21 bits per heavy atom. The summed E-state index contributed by atoms with van der Waals surface area (Å²) in [6, 6.07) is 14.0. The maximum Gasteiger partial charge on any atom is 0.339 e. The van der Waals surface area contributed by atoms with Crippen LogP contribution in [0.1, 0.15) is 5.56 Å². The molecule has 0 saturated carbocycles. The summed E-state index contributed by atoms with van der Waals surface area (Å²) in [5.74, 6) is 0.193. The van der Waals surface area contributed by atoms with Gasteiger partial charge in [-0.3, -0.25) is 0 Å². The molecule has 0 heterocycles. The molecule has 0 fully saturated rings. The van der Waals surface area contributed by atoms with E-state index in [-0.39, 0.29) is 10.6 Å². The molecule has 0 atom stereocenters. The summed E-state index contributed by atoms with van der Waals surface area (Å²) < 4.78 is 28.8. The summed E-state index contributed by atoms with van der Waals surface area (Å²) in [5.41, 5.74) is 0.631. The number of nitrogens with zero attached hydrogens (tertiary/aromatic N) is 1. The second-order valence-electron chi connectivity index (χ2n) is 3.66. The van der Waals surface area contributed by atoms with Gasteiger partial charge < -0.3 is 9.39 Å². The topological polar surface area (TPSA) is 76.0 Å². The number of benzene rings is 2. The fourth-order valence-electron chi connectivity index (χ4n) is 1.44. The van der Waals surface area contributed by atoms with Crippen molar-refractivity contribution in [2.24, 2.45) is 5.16 Å². The van der Waals surface area contributed by atoms with Crippen LogP contribution in [0.2, 0.25) is 0 Å². The van der Waals surface area contributed by atoms with E-state index in [9.17, 15) is 8.42 Å². The van der Waals surface area contributed by atoms with E-state index in [4.69, 9.17) is 9.39 Å². The fourth-order valence-corrected chi connectivity index (χ4v) is 2.39. The van der Waals surface area contributed by atoms with Crippen LogP contribution in [0, 0.1) is 0 Å². The first kappa shape index (κ1) is 13.1. The minimum atomic E-state index is -3.82. The lowest BCUT2D eigenvalue weighted by atomic mass is 10.2. The zero-order valence-electron chi connectivity index (χ0n) is 9.80. The quantitative estimate of drug-likeness (QED) is 0.402. The summed E-state index contributed by atoms with van der Waals surface area (Å²) in [5, 5.41) is 11.2. The molecule has 0 aliphatic rings. The Kier molecular flexibility index (Phi) is 3.82. The highest BCUT2D eigenvalue weighted by atomic mass is 32.2. The Bertz CT molecular complexity index is 664. The molecule has 98 valence electrons. The number of rotatable bonds is 4. The van der Waals surface area contributed by atoms with E-state index in [1.807, 2.05) is 0 Å². The van der Waals surface area contributed by atoms with Gasteiger partial charge in [-0.25, -0.2) is 0 Å². The Hall–Kier alpha value is -2.34. The van der Waals surface area contributed by atoms with Crippen LogP contribution in [0.5, 0.6) is 5.75 Å². The van der Waals surface area contributed by atoms with E-state index in [2.05, 4.69) is 5.16 Å². The van der Waals surface area contributed by atoms with Crippen molar-refractivity contribution in [3.8, 4) is 5.75 Å². The van der Waals surface area contributed by atoms with Gasteiger partial charge in [-0.2, -0.15) is 8.42 Å². The molecule has 5 nitrogen and oxygen atoms in total. The van der Waals surface area contributed by atoms with Gasteiger partial charge in [-0.15, -0.1) is 0 Å². The fraction of sp³-hybridized carbons (Fsp3) is 0. The van der Waals surface area contributed by atoms with Gasteiger partial charge in [0.25, 0.3) is 0 Å². The molecule has 1 N–H and O–H groups in total. The average Bonchev–Trinajstić information content (AvgIpc) is 2.42. The zero-order valence-corrected chi connectivity index (χ0v) is 10.6. The summed E-state index contributed by atoms with van der Waals surface area (Å²) >= 11 is 0. The van der Waals surface area contributed by atoms with Gasteiger partial charge in [0, 0.05) is 0 Å². The molecule has 0 aliphatic carbocycles. The minimum Gasteiger partial charge on any atom is -0.411 e. The molecule has 0 saturated heterocycles. The lowest BCUT2D eigenvalue weighted by Gasteiger charge is -2.06. The molecule has 0 radical (unpaired) electrons. The minimum absolute atomic E-state index is 0.0935. The lowest BCUT2D eigenvalue weighted by Crippen LogP contribution is -2.09. The second kappa shape index (κ2) is 5.53. The molecule has 0 aromatic heterocycles. The van der Waals surface area contributed by atoms with Gasteiger partial charge in [0.2, 0.25) is 0 Å². The Balaban J connectivity index is 2.21. The molecular weight excluding hydrogens is 266 g/mol. The maximum absolute atomic E-state index is 11.9. The van der Waals surface area contributed by atoms with E-state index in [0.29, 0.717) is 5.56 Å². The smallest absolute Gasteiger partial charge is 0.339 e. The van der Waals surface area contributed by atoms with Gasteiger partial charge >= 0.3 is 10.1 Å². The SMILES string of the molecule is O=S(=O)(Oc1ccc(/C=N/O)cc1)c1ccccc1. The van der Waals surface area contributed by atoms with Gasteiger partial charge in [-0.1, -0.05) is 23.4 Å². The molecule has 2 aromatic carbocycles. The molecule has 0 aliphatic heterocycles. The highest BCUT2D eigenvalue weighted by Crippen LogP contribution is 2.18. The highest BCUT2D eigenvalue weighted by molar-refractivity contribution is 7.87. The van der Waals surface area contributed by atoms with Gasteiger partial charge in [0.15, 0.2) is 0 Å². The first-order valence-corrected chi connectivity index (χ1v) is 6.80. The van der Waals surface area contributed by atoms with E-state index >= 15 is 0 Å². The monoisotopic (exact) mass is 277 g/mol. The van der Waals surface area contributed by atoms with Crippen LogP contribution in [-0.2, 0) is 10.1 Å². The Morgan fingerprint density at radius 2 is 1.63 bits per heavy atom. The van der Waals surface area contributed by atoms with E-state index < -0.39 is 10.1 Å². The van der Waals surface area contributed by atoms with E-state index in [1.54, 1.807) is 30.3 Å². The summed E-state index contributed by atoms with van der Waals surface area (Å²) in [4.78, 5) is 0.0935. The van der Waals surface area contributed by atoms with Crippen molar-refractivity contribution in [1.82, 2.24) is 0 Å². The molecule has 0 spiro atoms. The highest BCUT2D eigenvalue weighted by Gasteiger charge is 2.15. The van der Waals surface area contributed by atoms with E-state index in [1.165, 1.54) is 30.5 Å². The predicted molar refractivity (Wildman–Crippen MR) is 70.1 cm³/mol. The zero-order chi connectivity index (χ0) is 13.7. The molecule has 2 rings (SSSR count). The molecule has 0 amide bonds. The molecular formula is C13H11NO4S. The normalized spacial score (nSPS) is 11.6. The molecule has 6 heteroatoms. The third kappa shape index (κ3) is 3.32. The van der Waals surface area contributed by atoms with Crippen LogP contribution in [0.25, 0.3) is 0 Å². The van der Waals surface area contributed by atoms with Crippen molar-refractivity contribution in [1.29, 1.82) is 0 Å². The van der Waals surface area contributed by atoms with Crippen LogP contribution in [0.3, 0.4) is 0 Å². The van der Waals surface area contributed by atoms with Crippen molar-refractivity contribution >= 4 is 16.3 Å². The lowest BCUT2D eigenvalue weighted by molar-refractivity contribution is 0.322. The predicted octanol–water partition coefficient (Wildman–Crippen LogP) is 2.26. The maximum atomic E-state index is 11.9. The van der Waals surface area contributed by atoms with Crippen LogP contribution < -0.4 is 4.18 Å². The van der Waals surface area contributed by atoms with Crippen molar-refractivity contribution in [3.05, 3.63) is 60.2 Å². The Morgan fingerprint density at radius 1 is 1.00 bits per heavy atom. The van der Waals surface area contributed by atoms with Crippen molar-refractivity contribution in [2.75, 3.05) is 0 Å². The summed E-state index contributed by atoms with van der Waals surface area (Å²) in [7, 11) is -3.82. The molecule has 2 aromatic rings. The molecule has 0 unspecified atom stereocenters. The third-order valence-corrected chi connectivity index (χ3v) is 3.59. The summed E-state index contributed by atoms with van der Waals surface area (Å²) in [6.45, 7) is 0. The first-order chi connectivity index (χ1) is 9.12. The van der Waals surface area contributed by atoms with Crippen LogP contribution in [-0.4, -0.2) is 19.8 Å². The molecule has 0 bridgehead atoms. The van der Waals surface area contributed by atoms with E-state index in [0.717, 1.165) is 0 Å². The third-order valence-electron chi connectivity index (χ3n) is 2.32. The number of hydrogen-bond acceptors (Lipinski definition) is 5. The molecule has 19 heavy (non-hydrogen) atoms. The van der Waals surface area contributed by atoms with Crippen molar-refractivity contribution in [2.45, 2.75) is 4.90 Å². The van der Waals surface area contributed by atoms with Gasteiger partial charge in [0.1, 0.15) is 10.6 Å². The number of oxime groups is 1. The summed E-state index contributed by atoms with van der Waals surface area (Å²) in [6.07, 6.45) is 1.23. The van der Waals surface area contributed by atoms with Crippen molar-refractivity contribution < 1.29 is 17.8 Å². The number of hydrogen-bond donors (Lipinski definition) is 1. The van der Waals surface area contributed by atoms with Crippen LogP contribution in [0.15, 0.2) is 64.6 Å². The van der Waals surface area contributed by atoms with Gasteiger partial charge in [-0.05, 0) is 42.0 Å².